The minimum absolute atomic E-state index is 0.0508. The van der Waals surface area contributed by atoms with Gasteiger partial charge in [0.1, 0.15) is 5.75 Å². The van der Waals surface area contributed by atoms with Crippen molar-refractivity contribution in [2.24, 2.45) is 0 Å². The topological polar surface area (TPSA) is 84.5 Å². The van der Waals surface area contributed by atoms with E-state index in [-0.39, 0.29) is 32.8 Å². The summed E-state index contributed by atoms with van der Waals surface area (Å²) in [4.78, 5) is 38.5. The molecule has 0 radical (unpaired) electrons. The van der Waals surface area contributed by atoms with Crippen molar-refractivity contribution in [3.8, 4) is 5.75 Å². The number of fused-ring (bicyclic) bond motifs is 2. The molecule has 33 heavy (non-hydrogen) atoms. The Morgan fingerprint density at radius 1 is 0.939 bits per heavy atom. The van der Waals surface area contributed by atoms with Gasteiger partial charge in [0.15, 0.2) is 22.8 Å². The first-order chi connectivity index (χ1) is 15.8. The Morgan fingerprint density at radius 2 is 1.61 bits per heavy atom. The van der Waals surface area contributed by atoms with Crippen molar-refractivity contribution in [3.63, 3.8) is 0 Å². The SMILES string of the molecule is CC(Oc1ccc(Cl)cc1Cl)C(=O)NC(=S)Nc1cccc2c1C(=O)c1ccccc1C2=O. The van der Waals surface area contributed by atoms with E-state index in [9.17, 15) is 14.4 Å². The largest absolute Gasteiger partial charge is 0.479 e. The number of hydrogen-bond donors (Lipinski definition) is 2. The summed E-state index contributed by atoms with van der Waals surface area (Å²) in [6.07, 6.45) is -0.928. The molecule has 0 aliphatic heterocycles. The monoisotopic (exact) mass is 498 g/mol. The second kappa shape index (κ2) is 9.31. The van der Waals surface area contributed by atoms with E-state index in [4.69, 9.17) is 40.2 Å². The number of carbonyl (C=O) groups excluding carboxylic acids is 3. The maximum Gasteiger partial charge on any atom is 0.266 e. The van der Waals surface area contributed by atoms with Gasteiger partial charge in [-0.1, -0.05) is 59.6 Å². The molecule has 3 aromatic carbocycles. The zero-order valence-corrected chi connectivity index (χ0v) is 19.5. The molecule has 0 saturated heterocycles. The molecule has 0 bridgehead atoms. The van der Waals surface area contributed by atoms with Gasteiger partial charge in [-0.25, -0.2) is 0 Å². The Kier molecular flexibility index (Phi) is 6.47. The molecule has 0 fully saturated rings. The number of anilines is 1. The smallest absolute Gasteiger partial charge is 0.266 e. The number of hydrogen-bond acceptors (Lipinski definition) is 5. The van der Waals surface area contributed by atoms with Crippen LogP contribution in [0.25, 0.3) is 0 Å². The average Bonchev–Trinajstić information content (AvgIpc) is 2.79. The highest BCUT2D eigenvalue weighted by Crippen LogP contribution is 2.32. The summed E-state index contributed by atoms with van der Waals surface area (Å²) in [5.41, 5.74) is 1.47. The van der Waals surface area contributed by atoms with Crippen molar-refractivity contribution in [1.82, 2.24) is 5.32 Å². The van der Waals surface area contributed by atoms with Crippen molar-refractivity contribution >= 4 is 63.7 Å². The van der Waals surface area contributed by atoms with Crippen LogP contribution in [0.4, 0.5) is 5.69 Å². The molecule has 2 N–H and O–H groups in total. The summed E-state index contributed by atoms with van der Waals surface area (Å²) in [5.74, 6) is -0.786. The molecule has 1 aliphatic rings. The van der Waals surface area contributed by atoms with Crippen molar-refractivity contribution in [3.05, 3.63) is 93.0 Å². The molecular weight excluding hydrogens is 483 g/mol. The highest BCUT2D eigenvalue weighted by Gasteiger charge is 2.31. The number of benzene rings is 3. The first-order valence-corrected chi connectivity index (χ1v) is 11.0. The summed E-state index contributed by atoms with van der Waals surface area (Å²) in [6.45, 7) is 1.53. The van der Waals surface area contributed by atoms with E-state index in [2.05, 4.69) is 10.6 Å². The van der Waals surface area contributed by atoms with Crippen LogP contribution in [0.15, 0.2) is 60.7 Å². The summed E-state index contributed by atoms with van der Waals surface area (Å²) in [5, 5.41) is 6.03. The molecule has 1 amide bonds. The number of carbonyl (C=O) groups is 3. The highest BCUT2D eigenvalue weighted by molar-refractivity contribution is 7.80. The fourth-order valence-corrected chi connectivity index (χ4v) is 4.09. The highest BCUT2D eigenvalue weighted by atomic mass is 35.5. The molecule has 1 unspecified atom stereocenters. The molecule has 6 nitrogen and oxygen atoms in total. The second-order valence-corrected chi connectivity index (χ2v) is 8.46. The quantitative estimate of drug-likeness (QED) is 0.383. The fourth-order valence-electron chi connectivity index (χ4n) is 3.43. The third-order valence-electron chi connectivity index (χ3n) is 5.00. The lowest BCUT2D eigenvalue weighted by Crippen LogP contribution is -2.42. The standard InChI is InChI=1S/C24H16Cl2N2O4S/c1-12(32-19-10-9-13(25)11-17(19)26)23(31)28-24(33)27-18-8-4-7-16-20(18)22(30)15-6-3-2-5-14(15)21(16)29/h2-12H,1H3,(H2,27,28,31,33). The van der Waals surface area contributed by atoms with Crippen LogP contribution in [-0.2, 0) is 4.79 Å². The van der Waals surface area contributed by atoms with Crippen molar-refractivity contribution in [1.29, 1.82) is 0 Å². The molecular formula is C24H16Cl2N2O4S. The Morgan fingerprint density at radius 3 is 2.30 bits per heavy atom. The van der Waals surface area contributed by atoms with Gasteiger partial charge in [0, 0.05) is 21.7 Å². The van der Waals surface area contributed by atoms with Crippen LogP contribution < -0.4 is 15.4 Å². The molecule has 0 aromatic heterocycles. The van der Waals surface area contributed by atoms with Crippen LogP contribution in [0, 0.1) is 0 Å². The molecule has 4 rings (SSSR count). The molecule has 0 saturated carbocycles. The van der Waals surface area contributed by atoms with Gasteiger partial charge in [-0.2, -0.15) is 0 Å². The second-order valence-electron chi connectivity index (χ2n) is 7.21. The van der Waals surface area contributed by atoms with Crippen LogP contribution in [0.2, 0.25) is 10.0 Å². The maximum atomic E-state index is 13.1. The fraction of sp³-hybridized carbons (Fsp3) is 0.0833. The van der Waals surface area contributed by atoms with Crippen LogP contribution in [0.3, 0.4) is 0 Å². The van der Waals surface area contributed by atoms with Crippen LogP contribution >= 0.6 is 35.4 Å². The summed E-state index contributed by atoms with van der Waals surface area (Å²) in [7, 11) is 0. The number of thiocarbonyl (C=S) groups is 1. The molecule has 3 aromatic rings. The predicted molar refractivity (Wildman–Crippen MR) is 131 cm³/mol. The van der Waals surface area contributed by atoms with Gasteiger partial charge >= 0.3 is 0 Å². The predicted octanol–water partition coefficient (Wildman–Crippen LogP) is 5.05. The number of amides is 1. The first kappa shape index (κ1) is 22.9. The van der Waals surface area contributed by atoms with Gasteiger partial charge in [0.25, 0.3) is 5.91 Å². The maximum absolute atomic E-state index is 13.1. The van der Waals surface area contributed by atoms with E-state index in [1.54, 1.807) is 54.6 Å². The van der Waals surface area contributed by atoms with Crippen LogP contribution in [-0.4, -0.2) is 28.7 Å². The Labute approximate surface area is 204 Å². The lowest BCUT2D eigenvalue weighted by Gasteiger charge is -2.21. The van der Waals surface area contributed by atoms with E-state index in [0.717, 1.165) is 0 Å². The third-order valence-corrected chi connectivity index (χ3v) is 5.74. The van der Waals surface area contributed by atoms with Gasteiger partial charge in [-0.3, -0.25) is 19.7 Å². The van der Waals surface area contributed by atoms with E-state index in [0.29, 0.717) is 27.6 Å². The number of rotatable bonds is 4. The van der Waals surface area contributed by atoms with Gasteiger partial charge in [0.2, 0.25) is 0 Å². The van der Waals surface area contributed by atoms with Crippen molar-refractivity contribution in [2.75, 3.05) is 5.32 Å². The number of ketones is 2. The third kappa shape index (κ3) is 4.61. The van der Waals surface area contributed by atoms with Gasteiger partial charge in [-0.15, -0.1) is 0 Å². The van der Waals surface area contributed by atoms with E-state index >= 15 is 0 Å². The average molecular weight is 499 g/mol. The Balaban J connectivity index is 1.49. The number of ether oxygens (including phenoxy) is 1. The van der Waals surface area contributed by atoms with E-state index in [1.807, 2.05) is 0 Å². The molecule has 9 heteroatoms. The molecule has 166 valence electrons. The Bertz CT molecular complexity index is 1330. The summed E-state index contributed by atoms with van der Waals surface area (Å²) in [6, 6.07) is 16.1. The normalized spacial score (nSPS) is 12.9. The molecule has 1 atom stereocenters. The number of halogens is 2. The summed E-state index contributed by atoms with van der Waals surface area (Å²) < 4.78 is 5.58. The first-order valence-electron chi connectivity index (χ1n) is 9.81. The molecule has 0 heterocycles. The molecule has 1 aliphatic carbocycles. The van der Waals surface area contributed by atoms with Crippen LogP contribution in [0.5, 0.6) is 5.75 Å². The minimum Gasteiger partial charge on any atom is -0.479 e. The molecule has 0 spiro atoms. The van der Waals surface area contributed by atoms with E-state index < -0.39 is 12.0 Å². The lowest BCUT2D eigenvalue weighted by molar-refractivity contribution is -0.125. The van der Waals surface area contributed by atoms with Crippen molar-refractivity contribution in [2.45, 2.75) is 13.0 Å². The van der Waals surface area contributed by atoms with E-state index in [1.165, 1.54) is 13.0 Å². The zero-order chi connectivity index (χ0) is 23.7. The zero-order valence-electron chi connectivity index (χ0n) is 17.1. The lowest BCUT2D eigenvalue weighted by atomic mass is 9.83. The van der Waals surface area contributed by atoms with Crippen LogP contribution in [0.1, 0.15) is 38.8 Å². The number of nitrogens with one attached hydrogen (secondary N) is 2. The van der Waals surface area contributed by atoms with Gasteiger partial charge in [-0.05, 0) is 43.4 Å². The van der Waals surface area contributed by atoms with Crippen molar-refractivity contribution < 1.29 is 19.1 Å². The van der Waals surface area contributed by atoms with Gasteiger partial charge in [0.05, 0.1) is 16.3 Å². The minimum atomic E-state index is -0.928. The van der Waals surface area contributed by atoms with Gasteiger partial charge < -0.3 is 10.1 Å². The summed E-state index contributed by atoms with van der Waals surface area (Å²) >= 11 is 17.2. The Hall–Kier alpha value is -3.26.